The predicted octanol–water partition coefficient (Wildman–Crippen LogP) is 1.54. The molecule has 0 unspecified atom stereocenters. The summed E-state index contributed by atoms with van der Waals surface area (Å²) in [6.07, 6.45) is 3.48. The van der Waals surface area contributed by atoms with Gasteiger partial charge in [0.25, 0.3) is 0 Å². The number of hydrogen-bond acceptors (Lipinski definition) is 4. The van der Waals surface area contributed by atoms with Crippen LogP contribution in [0.3, 0.4) is 0 Å². The summed E-state index contributed by atoms with van der Waals surface area (Å²) in [5.74, 6) is 0.712. The van der Waals surface area contributed by atoms with Crippen molar-refractivity contribution in [1.82, 2.24) is 0 Å². The van der Waals surface area contributed by atoms with Gasteiger partial charge in [-0.3, -0.25) is 0 Å². The monoisotopic (exact) mass is 283 g/mol. The standard InChI is InChI=1S/C13H21N3O2S/c1-2-7-16(9-10-3-4-10)13-8-11(19(15,17)18)5-6-12(13)14/h5-6,8,10H,2-4,7,9,14H2,1H3,(H2,15,17,18). The highest BCUT2D eigenvalue weighted by Crippen LogP contribution is 2.34. The summed E-state index contributed by atoms with van der Waals surface area (Å²) in [6.45, 7) is 3.90. The molecular formula is C13H21N3O2S. The van der Waals surface area contributed by atoms with E-state index in [1.807, 2.05) is 0 Å². The minimum atomic E-state index is -3.69. The lowest BCUT2D eigenvalue weighted by Crippen LogP contribution is -2.27. The molecule has 0 radical (unpaired) electrons. The van der Waals surface area contributed by atoms with Crippen molar-refractivity contribution >= 4 is 21.4 Å². The molecule has 1 aromatic carbocycles. The molecular weight excluding hydrogens is 262 g/mol. The lowest BCUT2D eigenvalue weighted by Gasteiger charge is -2.26. The first kappa shape index (κ1) is 14.1. The van der Waals surface area contributed by atoms with Gasteiger partial charge in [-0.25, -0.2) is 13.6 Å². The van der Waals surface area contributed by atoms with Crippen LogP contribution < -0.4 is 15.8 Å². The first-order chi connectivity index (χ1) is 8.91. The Labute approximate surface area is 114 Å². The van der Waals surface area contributed by atoms with Crippen LogP contribution in [0, 0.1) is 5.92 Å². The second kappa shape index (κ2) is 5.38. The van der Waals surface area contributed by atoms with Gasteiger partial charge in [-0.05, 0) is 43.4 Å². The van der Waals surface area contributed by atoms with Gasteiger partial charge in [0.05, 0.1) is 16.3 Å². The zero-order valence-electron chi connectivity index (χ0n) is 11.2. The van der Waals surface area contributed by atoms with E-state index in [0.717, 1.165) is 25.2 Å². The molecule has 0 saturated heterocycles. The molecule has 2 rings (SSSR count). The first-order valence-electron chi connectivity index (χ1n) is 6.59. The largest absolute Gasteiger partial charge is 0.397 e. The van der Waals surface area contributed by atoms with Crippen molar-refractivity contribution < 1.29 is 8.42 Å². The Kier molecular flexibility index (Phi) is 4.01. The minimum Gasteiger partial charge on any atom is -0.397 e. The Morgan fingerprint density at radius 2 is 2.05 bits per heavy atom. The van der Waals surface area contributed by atoms with Gasteiger partial charge in [0, 0.05) is 13.1 Å². The molecule has 5 nitrogen and oxygen atoms in total. The average Bonchev–Trinajstić information content (AvgIpc) is 3.11. The van der Waals surface area contributed by atoms with E-state index >= 15 is 0 Å². The Balaban J connectivity index is 2.33. The summed E-state index contributed by atoms with van der Waals surface area (Å²) in [4.78, 5) is 2.29. The average molecular weight is 283 g/mol. The number of benzene rings is 1. The van der Waals surface area contributed by atoms with E-state index in [1.165, 1.54) is 18.9 Å². The molecule has 6 heteroatoms. The van der Waals surface area contributed by atoms with Crippen LogP contribution in [0.15, 0.2) is 23.1 Å². The number of nitrogen functional groups attached to an aromatic ring is 1. The second-order valence-electron chi connectivity index (χ2n) is 5.16. The number of nitrogens with zero attached hydrogens (tertiary/aromatic N) is 1. The van der Waals surface area contributed by atoms with Gasteiger partial charge in [0.15, 0.2) is 0 Å². The van der Waals surface area contributed by atoms with Gasteiger partial charge < -0.3 is 10.6 Å². The smallest absolute Gasteiger partial charge is 0.238 e. The molecule has 0 spiro atoms. The molecule has 1 saturated carbocycles. The van der Waals surface area contributed by atoms with Crippen molar-refractivity contribution in [2.24, 2.45) is 11.1 Å². The van der Waals surface area contributed by atoms with Gasteiger partial charge in [0.1, 0.15) is 0 Å². The van der Waals surface area contributed by atoms with E-state index in [1.54, 1.807) is 12.1 Å². The van der Waals surface area contributed by atoms with Gasteiger partial charge in [-0.1, -0.05) is 6.92 Å². The molecule has 1 fully saturated rings. The number of sulfonamides is 1. The molecule has 19 heavy (non-hydrogen) atoms. The lowest BCUT2D eigenvalue weighted by molar-refractivity contribution is 0.597. The summed E-state index contributed by atoms with van der Waals surface area (Å²) < 4.78 is 22.9. The van der Waals surface area contributed by atoms with Gasteiger partial charge in [0.2, 0.25) is 10.0 Å². The molecule has 0 bridgehead atoms. The van der Waals surface area contributed by atoms with Gasteiger partial charge in [-0.2, -0.15) is 0 Å². The SMILES string of the molecule is CCCN(CC1CC1)c1cc(S(N)(=O)=O)ccc1N. The van der Waals surface area contributed by atoms with Crippen LogP contribution in [-0.2, 0) is 10.0 Å². The Hall–Kier alpha value is -1.27. The van der Waals surface area contributed by atoms with E-state index < -0.39 is 10.0 Å². The maximum atomic E-state index is 11.4. The van der Waals surface area contributed by atoms with Crippen LogP contribution in [0.25, 0.3) is 0 Å². The van der Waals surface area contributed by atoms with Crippen LogP contribution in [-0.4, -0.2) is 21.5 Å². The zero-order valence-corrected chi connectivity index (χ0v) is 12.0. The maximum absolute atomic E-state index is 11.4. The van der Waals surface area contributed by atoms with E-state index in [4.69, 9.17) is 10.9 Å². The third-order valence-corrected chi connectivity index (χ3v) is 4.25. The van der Waals surface area contributed by atoms with Crippen LogP contribution in [0.5, 0.6) is 0 Å². The van der Waals surface area contributed by atoms with Crippen molar-refractivity contribution in [2.45, 2.75) is 31.1 Å². The zero-order chi connectivity index (χ0) is 14.0. The number of anilines is 2. The summed E-state index contributed by atoms with van der Waals surface area (Å²) in [6, 6.07) is 4.66. The fraction of sp³-hybridized carbons (Fsp3) is 0.538. The third-order valence-electron chi connectivity index (χ3n) is 3.34. The minimum absolute atomic E-state index is 0.119. The van der Waals surface area contributed by atoms with Crippen molar-refractivity contribution in [3.8, 4) is 0 Å². The first-order valence-corrected chi connectivity index (χ1v) is 8.13. The second-order valence-corrected chi connectivity index (χ2v) is 6.72. The lowest BCUT2D eigenvalue weighted by atomic mass is 10.2. The fourth-order valence-corrected chi connectivity index (χ4v) is 2.70. The van der Waals surface area contributed by atoms with E-state index in [2.05, 4.69) is 11.8 Å². The van der Waals surface area contributed by atoms with Crippen LogP contribution >= 0.6 is 0 Å². The van der Waals surface area contributed by atoms with E-state index in [9.17, 15) is 8.42 Å². The van der Waals surface area contributed by atoms with Crippen molar-refractivity contribution in [3.63, 3.8) is 0 Å². The molecule has 0 aromatic heterocycles. The summed E-state index contributed by atoms with van der Waals surface area (Å²) in [7, 11) is -3.69. The van der Waals surface area contributed by atoms with Crippen molar-refractivity contribution in [3.05, 3.63) is 18.2 Å². The molecule has 1 aliphatic carbocycles. The molecule has 0 amide bonds. The summed E-state index contributed by atoms with van der Waals surface area (Å²) in [5, 5.41) is 5.18. The molecule has 0 heterocycles. The molecule has 1 aliphatic rings. The quantitative estimate of drug-likeness (QED) is 0.775. The highest BCUT2D eigenvalue weighted by atomic mass is 32.2. The summed E-state index contributed by atoms with van der Waals surface area (Å²) in [5.41, 5.74) is 7.36. The fourth-order valence-electron chi connectivity index (χ4n) is 2.17. The molecule has 4 N–H and O–H groups in total. The van der Waals surface area contributed by atoms with Crippen LogP contribution in [0.2, 0.25) is 0 Å². The molecule has 0 aliphatic heterocycles. The molecule has 106 valence electrons. The molecule has 0 atom stereocenters. The Morgan fingerprint density at radius 1 is 1.37 bits per heavy atom. The topological polar surface area (TPSA) is 89.4 Å². The van der Waals surface area contributed by atoms with Crippen LogP contribution in [0.4, 0.5) is 11.4 Å². The third kappa shape index (κ3) is 3.61. The van der Waals surface area contributed by atoms with E-state index in [-0.39, 0.29) is 4.90 Å². The Bertz CT molecular complexity index is 553. The molecule has 1 aromatic rings. The van der Waals surface area contributed by atoms with Crippen LogP contribution in [0.1, 0.15) is 26.2 Å². The maximum Gasteiger partial charge on any atom is 0.238 e. The van der Waals surface area contributed by atoms with Gasteiger partial charge >= 0.3 is 0 Å². The number of primary sulfonamides is 1. The number of hydrogen-bond donors (Lipinski definition) is 2. The van der Waals surface area contributed by atoms with Crippen molar-refractivity contribution in [1.29, 1.82) is 0 Å². The van der Waals surface area contributed by atoms with Gasteiger partial charge in [-0.15, -0.1) is 0 Å². The predicted molar refractivity (Wildman–Crippen MR) is 77.5 cm³/mol. The highest BCUT2D eigenvalue weighted by Gasteiger charge is 2.25. The Morgan fingerprint density at radius 3 is 2.58 bits per heavy atom. The summed E-state index contributed by atoms with van der Waals surface area (Å²) >= 11 is 0. The normalized spacial score (nSPS) is 15.5. The van der Waals surface area contributed by atoms with E-state index in [0.29, 0.717) is 11.6 Å². The van der Waals surface area contributed by atoms with Crippen molar-refractivity contribution in [2.75, 3.05) is 23.7 Å². The highest BCUT2D eigenvalue weighted by molar-refractivity contribution is 7.89. The number of nitrogens with two attached hydrogens (primary N) is 2. The number of rotatable bonds is 6.